The Bertz CT molecular complexity index is 455. The van der Waals surface area contributed by atoms with Crippen LogP contribution in [-0.2, 0) is 0 Å². The van der Waals surface area contributed by atoms with Crippen LogP contribution in [0.15, 0.2) is 12.1 Å². The van der Waals surface area contributed by atoms with Gasteiger partial charge in [-0.25, -0.2) is 13.2 Å². The van der Waals surface area contributed by atoms with Crippen molar-refractivity contribution < 1.29 is 18.0 Å². The lowest BCUT2D eigenvalue weighted by Gasteiger charge is -2.32. The van der Waals surface area contributed by atoms with Crippen LogP contribution in [0.4, 0.5) is 13.2 Å². The maximum absolute atomic E-state index is 13.0. The van der Waals surface area contributed by atoms with Gasteiger partial charge in [-0.3, -0.25) is 4.79 Å². The Morgan fingerprint density at radius 1 is 1.33 bits per heavy atom. The molecule has 1 aromatic carbocycles. The summed E-state index contributed by atoms with van der Waals surface area (Å²) in [4.78, 5) is 13.5. The second kappa shape index (κ2) is 4.97. The third kappa shape index (κ3) is 2.48. The number of nitrogens with one attached hydrogen (secondary N) is 1. The topological polar surface area (TPSA) is 32.3 Å². The molecule has 1 heterocycles. The van der Waals surface area contributed by atoms with Crippen molar-refractivity contribution in [2.75, 3.05) is 19.6 Å². The number of carbonyl (C=O) groups excluding carboxylic acids is 1. The lowest BCUT2D eigenvalue weighted by Crippen LogP contribution is -2.51. The zero-order valence-corrected chi connectivity index (χ0v) is 9.84. The molecule has 0 unspecified atom stereocenters. The number of hydrogen-bond donors (Lipinski definition) is 1. The van der Waals surface area contributed by atoms with E-state index in [0.717, 1.165) is 12.1 Å². The molecule has 0 saturated carbocycles. The Hall–Kier alpha value is -1.56. The smallest absolute Gasteiger partial charge is 0.254 e. The van der Waals surface area contributed by atoms with Crippen molar-refractivity contribution in [2.45, 2.75) is 13.0 Å². The van der Waals surface area contributed by atoms with Gasteiger partial charge < -0.3 is 10.2 Å². The maximum Gasteiger partial charge on any atom is 0.254 e. The first-order chi connectivity index (χ1) is 8.49. The van der Waals surface area contributed by atoms with Crippen molar-refractivity contribution in [1.82, 2.24) is 10.2 Å². The number of halogens is 3. The molecular formula is C12H13F3N2O. The number of rotatable bonds is 1. The van der Waals surface area contributed by atoms with Gasteiger partial charge in [0.05, 0.1) is 0 Å². The summed E-state index contributed by atoms with van der Waals surface area (Å²) in [7, 11) is 0. The first kappa shape index (κ1) is 12.9. The van der Waals surface area contributed by atoms with Crippen LogP contribution in [0.2, 0.25) is 0 Å². The van der Waals surface area contributed by atoms with E-state index in [2.05, 4.69) is 5.32 Å². The molecule has 1 aliphatic rings. The molecule has 1 aromatic rings. The Morgan fingerprint density at radius 2 is 1.94 bits per heavy atom. The van der Waals surface area contributed by atoms with Crippen molar-refractivity contribution in [2.24, 2.45) is 0 Å². The molecule has 18 heavy (non-hydrogen) atoms. The Kier molecular flexibility index (Phi) is 3.56. The molecule has 1 aliphatic heterocycles. The summed E-state index contributed by atoms with van der Waals surface area (Å²) >= 11 is 0. The fourth-order valence-corrected chi connectivity index (χ4v) is 1.98. The number of piperazine rings is 1. The summed E-state index contributed by atoms with van der Waals surface area (Å²) in [6.45, 7) is 3.45. The molecule has 3 nitrogen and oxygen atoms in total. The highest BCUT2D eigenvalue weighted by molar-refractivity contribution is 5.94. The number of hydrogen-bond acceptors (Lipinski definition) is 2. The third-order valence-electron chi connectivity index (χ3n) is 2.89. The zero-order valence-electron chi connectivity index (χ0n) is 9.84. The summed E-state index contributed by atoms with van der Waals surface area (Å²) < 4.78 is 38.9. The lowest BCUT2D eigenvalue weighted by atomic mass is 10.1. The van der Waals surface area contributed by atoms with E-state index in [1.807, 2.05) is 6.92 Å². The van der Waals surface area contributed by atoms with Gasteiger partial charge in [-0.05, 0) is 19.1 Å². The second-order valence-corrected chi connectivity index (χ2v) is 4.36. The minimum atomic E-state index is -1.56. The van der Waals surface area contributed by atoms with Gasteiger partial charge in [0.1, 0.15) is 0 Å². The third-order valence-corrected chi connectivity index (χ3v) is 2.89. The molecule has 6 heteroatoms. The Labute approximate surface area is 103 Å². The van der Waals surface area contributed by atoms with Gasteiger partial charge in [-0.1, -0.05) is 0 Å². The Balaban J connectivity index is 2.23. The molecule has 1 fully saturated rings. The number of carbonyl (C=O) groups is 1. The van der Waals surface area contributed by atoms with Crippen LogP contribution in [0.25, 0.3) is 0 Å². The van der Waals surface area contributed by atoms with Gasteiger partial charge >= 0.3 is 0 Å². The van der Waals surface area contributed by atoms with Crippen LogP contribution >= 0.6 is 0 Å². The van der Waals surface area contributed by atoms with E-state index in [1.54, 1.807) is 0 Å². The molecule has 0 radical (unpaired) electrons. The van der Waals surface area contributed by atoms with Crippen molar-refractivity contribution in [1.29, 1.82) is 0 Å². The lowest BCUT2D eigenvalue weighted by molar-refractivity contribution is 0.0708. The van der Waals surface area contributed by atoms with Gasteiger partial charge in [0.15, 0.2) is 17.5 Å². The average molecular weight is 258 g/mol. The molecule has 1 atom stereocenters. The number of benzene rings is 1. The van der Waals surface area contributed by atoms with Gasteiger partial charge in [0, 0.05) is 31.2 Å². The highest BCUT2D eigenvalue weighted by atomic mass is 19.2. The van der Waals surface area contributed by atoms with E-state index in [0.29, 0.717) is 19.6 Å². The van der Waals surface area contributed by atoms with Gasteiger partial charge in [-0.15, -0.1) is 0 Å². The van der Waals surface area contributed by atoms with Crippen LogP contribution in [0.5, 0.6) is 0 Å². The maximum atomic E-state index is 13.0. The van der Waals surface area contributed by atoms with Gasteiger partial charge in [0.2, 0.25) is 0 Å². The van der Waals surface area contributed by atoms with E-state index < -0.39 is 23.4 Å². The standard InChI is InChI=1S/C12H13F3N2O/c1-7-6-17(3-2-16-7)12(18)8-4-9(13)11(15)10(14)5-8/h4-5,7,16H,2-3,6H2,1H3/t7-/m1/s1. The van der Waals surface area contributed by atoms with Crippen LogP contribution < -0.4 is 5.32 Å². The summed E-state index contributed by atoms with van der Waals surface area (Å²) in [6.07, 6.45) is 0. The van der Waals surface area contributed by atoms with Crippen molar-refractivity contribution >= 4 is 5.91 Å². The summed E-state index contributed by atoms with van der Waals surface area (Å²) in [5.41, 5.74) is -0.166. The van der Waals surface area contributed by atoms with Gasteiger partial charge in [-0.2, -0.15) is 0 Å². The predicted molar refractivity (Wildman–Crippen MR) is 59.7 cm³/mol. The fourth-order valence-electron chi connectivity index (χ4n) is 1.98. The van der Waals surface area contributed by atoms with Crippen LogP contribution in [0.1, 0.15) is 17.3 Å². The van der Waals surface area contributed by atoms with E-state index in [9.17, 15) is 18.0 Å². The van der Waals surface area contributed by atoms with Crippen LogP contribution in [-0.4, -0.2) is 36.5 Å². The SMILES string of the molecule is C[C@@H]1CN(C(=O)c2cc(F)c(F)c(F)c2)CCN1. The van der Waals surface area contributed by atoms with Crippen LogP contribution in [0.3, 0.4) is 0 Å². The van der Waals surface area contributed by atoms with Crippen molar-refractivity contribution in [3.63, 3.8) is 0 Å². The molecule has 98 valence electrons. The molecule has 0 aromatic heterocycles. The first-order valence-electron chi connectivity index (χ1n) is 5.66. The molecule has 0 bridgehead atoms. The highest BCUT2D eigenvalue weighted by Gasteiger charge is 2.23. The van der Waals surface area contributed by atoms with E-state index in [4.69, 9.17) is 0 Å². The molecule has 0 spiro atoms. The average Bonchev–Trinajstić information content (AvgIpc) is 2.34. The number of nitrogens with zero attached hydrogens (tertiary/aromatic N) is 1. The summed E-state index contributed by atoms with van der Waals surface area (Å²) in [5.74, 6) is -4.73. The van der Waals surface area contributed by atoms with E-state index in [-0.39, 0.29) is 11.6 Å². The van der Waals surface area contributed by atoms with Crippen LogP contribution in [0, 0.1) is 17.5 Å². The van der Waals surface area contributed by atoms with Crippen molar-refractivity contribution in [3.05, 3.63) is 35.1 Å². The highest BCUT2D eigenvalue weighted by Crippen LogP contribution is 2.16. The minimum absolute atomic E-state index is 0.123. The monoisotopic (exact) mass is 258 g/mol. The molecule has 2 rings (SSSR count). The molecule has 0 aliphatic carbocycles. The molecule has 1 amide bonds. The minimum Gasteiger partial charge on any atom is -0.336 e. The molecule has 1 N–H and O–H groups in total. The fraction of sp³-hybridized carbons (Fsp3) is 0.417. The van der Waals surface area contributed by atoms with Crippen molar-refractivity contribution in [3.8, 4) is 0 Å². The predicted octanol–water partition coefficient (Wildman–Crippen LogP) is 1.54. The normalized spacial score (nSPS) is 20.0. The second-order valence-electron chi connectivity index (χ2n) is 4.36. The zero-order chi connectivity index (χ0) is 13.3. The Morgan fingerprint density at radius 3 is 2.50 bits per heavy atom. The molecular weight excluding hydrogens is 245 g/mol. The van der Waals surface area contributed by atoms with E-state index in [1.165, 1.54) is 4.90 Å². The van der Waals surface area contributed by atoms with Gasteiger partial charge in [0.25, 0.3) is 5.91 Å². The van der Waals surface area contributed by atoms with E-state index >= 15 is 0 Å². The summed E-state index contributed by atoms with van der Waals surface area (Å²) in [6, 6.07) is 1.58. The first-order valence-corrected chi connectivity index (χ1v) is 5.66. The largest absolute Gasteiger partial charge is 0.336 e. The summed E-state index contributed by atoms with van der Waals surface area (Å²) in [5, 5.41) is 3.15. The molecule has 1 saturated heterocycles. The quantitative estimate of drug-likeness (QED) is 0.775. The number of amides is 1.